The van der Waals surface area contributed by atoms with Crippen molar-refractivity contribution in [2.75, 3.05) is 41.3 Å². The zero-order valence-corrected chi connectivity index (χ0v) is 19.6. The van der Waals surface area contributed by atoms with Crippen molar-refractivity contribution in [2.45, 2.75) is 38.8 Å². The fourth-order valence-electron chi connectivity index (χ4n) is 2.13. The van der Waals surface area contributed by atoms with Crippen molar-refractivity contribution >= 4 is 39.7 Å². The van der Waals surface area contributed by atoms with E-state index >= 15 is 0 Å². The normalized spacial score (nSPS) is 15.9. The second-order valence-electron chi connectivity index (χ2n) is 6.76. The molecule has 0 aromatic rings. The van der Waals surface area contributed by atoms with E-state index in [0.717, 1.165) is 0 Å². The van der Waals surface area contributed by atoms with Crippen LogP contribution < -0.4 is 9.44 Å². The molecule has 0 aromatic carbocycles. The van der Waals surface area contributed by atoms with Crippen molar-refractivity contribution in [1.29, 1.82) is 0 Å². The summed E-state index contributed by atoms with van der Waals surface area (Å²) in [5.41, 5.74) is 0. The number of rotatable bonds is 16. The van der Waals surface area contributed by atoms with E-state index < -0.39 is 93.1 Å². The lowest BCUT2D eigenvalue weighted by Crippen LogP contribution is -2.37. The SMILES string of the molecule is CC(CO)NS(=O)(=O)CCCS(=O)(=O)CS(=O)(=O)CCCS(=O)(=O)NC(C)CO. The van der Waals surface area contributed by atoms with Gasteiger partial charge in [0.1, 0.15) is 0 Å². The summed E-state index contributed by atoms with van der Waals surface area (Å²) in [5.74, 6) is -2.45. The van der Waals surface area contributed by atoms with E-state index in [1.165, 1.54) is 13.8 Å². The molecule has 0 heterocycles. The summed E-state index contributed by atoms with van der Waals surface area (Å²) in [6, 6.07) is -1.47. The Hall–Kier alpha value is -0.360. The molecule has 0 aromatic heterocycles. The number of hydrogen-bond acceptors (Lipinski definition) is 10. The quantitative estimate of drug-likeness (QED) is 0.170. The molecule has 0 radical (unpaired) electrons. The summed E-state index contributed by atoms with van der Waals surface area (Å²) in [5, 5.41) is 16.4. The Morgan fingerprint density at radius 2 is 0.931 bits per heavy atom. The average Bonchev–Trinajstić information content (AvgIpc) is 2.51. The highest BCUT2D eigenvalue weighted by Crippen LogP contribution is 2.06. The van der Waals surface area contributed by atoms with Crippen LogP contribution in [0.4, 0.5) is 0 Å². The first-order chi connectivity index (χ1) is 13.0. The fourth-order valence-corrected chi connectivity index (χ4v) is 9.46. The Labute approximate surface area is 173 Å². The van der Waals surface area contributed by atoms with Gasteiger partial charge in [-0.2, -0.15) is 0 Å². The maximum atomic E-state index is 12.0. The number of hydrogen-bond donors (Lipinski definition) is 4. The van der Waals surface area contributed by atoms with Crippen LogP contribution in [0.1, 0.15) is 26.7 Å². The molecule has 0 spiro atoms. The average molecular weight is 503 g/mol. The Morgan fingerprint density at radius 1 is 0.621 bits per heavy atom. The van der Waals surface area contributed by atoms with Gasteiger partial charge in [0, 0.05) is 12.1 Å². The third kappa shape index (κ3) is 14.3. The van der Waals surface area contributed by atoms with Crippen LogP contribution >= 0.6 is 0 Å². The van der Waals surface area contributed by atoms with Crippen LogP contribution in [0.3, 0.4) is 0 Å². The van der Waals surface area contributed by atoms with Gasteiger partial charge in [0.15, 0.2) is 24.8 Å². The first kappa shape index (κ1) is 28.6. The Morgan fingerprint density at radius 3 is 1.21 bits per heavy atom. The third-order valence-corrected chi connectivity index (χ3v) is 11.3. The Kier molecular flexibility index (Phi) is 11.7. The predicted octanol–water partition coefficient (Wildman–Crippen LogP) is -2.85. The van der Waals surface area contributed by atoms with Crippen molar-refractivity contribution in [1.82, 2.24) is 9.44 Å². The molecule has 2 atom stereocenters. The smallest absolute Gasteiger partial charge is 0.211 e. The molecule has 0 rings (SSSR count). The fraction of sp³-hybridized carbons (Fsp3) is 1.00. The number of aliphatic hydroxyl groups excluding tert-OH is 2. The van der Waals surface area contributed by atoms with E-state index in [1.807, 2.05) is 0 Å². The van der Waals surface area contributed by atoms with Crippen LogP contribution in [0, 0.1) is 0 Å². The molecule has 0 bridgehead atoms. The highest BCUT2D eigenvalue weighted by Gasteiger charge is 2.24. The van der Waals surface area contributed by atoms with Crippen LogP contribution in [0.25, 0.3) is 0 Å². The molecule has 176 valence electrons. The molecule has 12 nitrogen and oxygen atoms in total. The predicted molar refractivity (Wildman–Crippen MR) is 109 cm³/mol. The molecule has 0 aliphatic rings. The Bertz CT molecular complexity index is 835. The van der Waals surface area contributed by atoms with E-state index in [2.05, 4.69) is 9.44 Å². The molecule has 2 unspecified atom stereocenters. The number of aliphatic hydroxyl groups is 2. The molecule has 0 amide bonds. The maximum Gasteiger partial charge on any atom is 0.211 e. The van der Waals surface area contributed by atoms with Crippen LogP contribution in [-0.2, 0) is 39.7 Å². The first-order valence-electron chi connectivity index (χ1n) is 8.65. The summed E-state index contributed by atoms with van der Waals surface area (Å²) >= 11 is 0. The van der Waals surface area contributed by atoms with E-state index in [1.54, 1.807) is 0 Å². The third-order valence-electron chi connectivity index (χ3n) is 3.41. The molecule has 0 aliphatic carbocycles. The van der Waals surface area contributed by atoms with Gasteiger partial charge in [-0.25, -0.2) is 43.1 Å². The summed E-state index contributed by atoms with van der Waals surface area (Å²) in [4.78, 5) is 0. The van der Waals surface area contributed by atoms with Gasteiger partial charge in [-0.1, -0.05) is 0 Å². The number of sulfone groups is 2. The highest BCUT2D eigenvalue weighted by molar-refractivity contribution is 8.08. The minimum atomic E-state index is -4.11. The summed E-state index contributed by atoms with van der Waals surface area (Å²) in [7, 11) is -15.9. The van der Waals surface area contributed by atoms with Crippen LogP contribution in [0.5, 0.6) is 0 Å². The van der Waals surface area contributed by atoms with Crippen molar-refractivity contribution in [2.24, 2.45) is 0 Å². The van der Waals surface area contributed by atoms with Gasteiger partial charge in [-0.3, -0.25) is 0 Å². The van der Waals surface area contributed by atoms with Crippen LogP contribution in [0.2, 0.25) is 0 Å². The molecular weight excluding hydrogens is 472 g/mol. The van der Waals surface area contributed by atoms with Gasteiger partial charge in [0.2, 0.25) is 20.0 Å². The summed E-state index contributed by atoms with van der Waals surface area (Å²) < 4.78 is 98.9. The van der Waals surface area contributed by atoms with Crippen molar-refractivity contribution in [3.63, 3.8) is 0 Å². The summed E-state index contributed by atoms with van der Waals surface area (Å²) in [6.07, 6.45) is -0.661. The molecule has 29 heavy (non-hydrogen) atoms. The minimum absolute atomic E-state index is 0.331. The lowest BCUT2D eigenvalue weighted by Gasteiger charge is -2.12. The van der Waals surface area contributed by atoms with Crippen molar-refractivity contribution < 1.29 is 43.9 Å². The van der Waals surface area contributed by atoms with Gasteiger partial charge in [0.25, 0.3) is 0 Å². The van der Waals surface area contributed by atoms with Gasteiger partial charge in [0.05, 0.1) is 36.2 Å². The van der Waals surface area contributed by atoms with Crippen LogP contribution in [0.15, 0.2) is 0 Å². The minimum Gasteiger partial charge on any atom is -0.395 e. The summed E-state index contributed by atoms with van der Waals surface area (Å²) in [6.45, 7) is 1.97. The van der Waals surface area contributed by atoms with Crippen molar-refractivity contribution in [3.8, 4) is 0 Å². The molecule has 0 saturated heterocycles. The van der Waals surface area contributed by atoms with Crippen LogP contribution in [-0.4, -0.2) is 97.3 Å². The second-order valence-corrected chi connectivity index (χ2v) is 15.2. The molecule has 0 saturated carbocycles. The second kappa shape index (κ2) is 11.9. The zero-order valence-electron chi connectivity index (χ0n) is 16.3. The lowest BCUT2D eigenvalue weighted by atomic mass is 10.4. The van der Waals surface area contributed by atoms with E-state index in [-0.39, 0.29) is 12.8 Å². The number of nitrogens with one attached hydrogen (secondary N) is 2. The van der Waals surface area contributed by atoms with Gasteiger partial charge >= 0.3 is 0 Å². The van der Waals surface area contributed by atoms with E-state index in [9.17, 15) is 33.7 Å². The lowest BCUT2D eigenvalue weighted by molar-refractivity contribution is 0.265. The molecule has 0 fully saturated rings. The van der Waals surface area contributed by atoms with E-state index in [4.69, 9.17) is 10.2 Å². The van der Waals surface area contributed by atoms with E-state index in [0.29, 0.717) is 0 Å². The van der Waals surface area contributed by atoms with Gasteiger partial charge in [-0.15, -0.1) is 0 Å². The maximum absolute atomic E-state index is 12.0. The topological polar surface area (TPSA) is 201 Å². The van der Waals surface area contributed by atoms with Gasteiger partial charge < -0.3 is 10.2 Å². The molecule has 0 aliphatic heterocycles. The monoisotopic (exact) mass is 502 g/mol. The Balaban J connectivity index is 4.59. The zero-order chi connectivity index (χ0) is 22.9. The first-order valence-corrected chi connectivity index (χ1v) is 15.6. The number of sulfonamides is 2. The standard InChI is InChI=1S/C13H30N2O10S4/c1-12(9-16)14-28(22,23)7-3-5-26(18,19)11-27(20,21)6-4-8-29(24,25)15-13(2)10-17/h12-17H,3-11H2,1-2H3. The molecular formula is C13H30N2O10S4. The van der Waals surface area contributed by atoms with Gasteiger partial charge in [-0.05, 0) is 26.7 Å². The molecule has 4 N–H and O–H groups in total. The largest absolute Gasteiger partial charge is 0.395 e. The van der Waals surface area contributed by atoms with Crippen molar-refractivity contribution in [3.05, 3.63) is 0 Å². The molecule has 16 heteroatoms. The highest BCUT2D eigenvalue weighted by atomic mass is 32.3.